The van der Waals surface area contributed by atoms with E-state index < -0.39 is 0 Å². The molecule has 0 fully saturated rings. The quantitative estimate of drug-likeness (QED) is 0.379. The van der Waals surface area contributed by atoms with Crippen molar-refractivity contribution >= 4 is 17.4 Å². The van der Waals surface area contributed by atoms with Crippen LogP contribution in [0.3, 0.4) is 0 Å². The summed E-state index contributed by atoms with van der Waals surface area (Å²) in [5.41, 5.74) is 13.7. The number of amidine groups is 1. The molecule has 23 heavy (non-hydrogen) atoms. The Bertz CT molecular complexity index is 864. The lowest BCUT2D eigenvalue weighted by Gasteiger charge is -2.03. The lowest BCUT2D eigenvalue weighted by molar-refractivity contribution is 0.308. The first-order chi connectivity index (χ1) is 11.1. The molecule has 1 aromatic carbocycles. The molecule has 0 unspecified atom stereocenters. The Labute approximate surface area is 129 Å². The average molecular weight is 312 g/mol. The number of benzene rings is 1. The molecule has 0 spiro atoms. The van der Waals surface area contributed by atoms with E-state index in [4.69, 9.17) is 11.5 Å². The van der Waals surface area contributed by atoms with E-state index in [1.54, 1.807) is 6.92 Å². The molecule has 0 bridgehead atoms. The maximum atomic E-state index is 5.74. The molecule has 0 saturated carbocycles. The van der Waals surface area contributed by atoms with Crippen LogP contribution in [0.15, 0.2) is 45.4 Å². The van der Waals surface area contributed by atoms with Crippen molar-refractivity contribution in [3.8, 4) is 5.69 Å². The fraction of sp³-hybridized carbons (Fsp3) is 0.0833. The van der Waals surface area contributed by atoms with Crippen molar-refractivity contribution in [2.75, 3.05) is 5.73 Å². The minimum Gasteiger partial charge on any atom is -0.380 e. The fourth-order valence-corrected chi connectivity index (χ4v) is 1.76. The number of aromatic nitrogens is 6. The van der Waals surface area contributed by atoms with Crippen molar-refractivity contribution in [2.45, 2.75) is 6.92 Å². The van der Waals surface area contributed by atoms with Gasteiger partial charge in [0.05, 0.1) is 11.4 Å². The third-order valence-corrected chi connectivity index (χ3v) is 2.94. The van der Waals surface area contributed by atoms with Gasteiger partial charge >= 0.3 is 0 Å². The molecule has 3 aromatic rings. The summed E-state index contributed by atoms with van der Waals surface area (Å²) in [5.74, 6) is 0.0690. The number of hydrogen-bond donors (Lipinski definition) is 2. The molecule has 2 heterocycles. The van der Waals surface area contributed by atoms with Gasteiger partial charge in [-0.2, -0.15) is 5.10 Å². The average Bonchev–Trinajstić information content (AvgIpc) is 3.24. The number of nitrogens with zero attached hydrogens (tertiary/aromatic N) is 8. The Morgan fingerprint density at radius 2 is 2.13 bits per heavy atom. The monoisotopic (exact) mass is 312 g/mol. The number of nitrogen functional groups attached to an aromatic ring is 1. The molecule has 0 aliphatic rings. The summed E-state index contributed by atoms with van der Waals surface area (Å²) in [6.07, 6.45) is 1.50. The second-order valence-corrected chi connectivity index (χ2v) is 4.47. The van der Waals surface area contributed by atoms with Crippen LogP contribution in [0.25, 0.3) is 5.69 Å². The van der Waals surface area contributed by atoms with Gasteiger partial charge in [-0.1, -0.05) is 12.1 Å². The minimum atomic E-state index is 0.0136. The number of rotatable bonds is 4. The molecule has 0 atom stereocenters. The van der Waals surface area contributed by atoms with Gasteiger partial charge in [0, 0.05) is 0 Å². The third kappa shape index (κ3) is 3.02. The Morgan fingerprint density at radius 3 is 2.83 bits per heavy atom. The molecule has 0 aliphatic carbocycles. The highest BCUT2D eigenvalue weighted by atomic mass is 16.6. The van der Waals surface area contributed by atoms with Crippen LogP contribution in [-0.2, 0) is 0 Å². The molecule has 0 saturated heterocycles. The van der Waals surface area contributed by atoms with E-state index >= 15 is 0 Å². The molecule has 0 radical (unpaired) electrons. The predicted octanol–water partition coefficient (Wildman–Crippen LogP) is -0.243. The fourth-order valence-electron chi connectivity index (χ4n) is 1.76. The largest absolute Gasteiger partial charge is 0.380 e. The molecule has 116 valence electrons. The van der Waals surface area contributed by atoms with Gasteiger partial charge in [-0.3, -0.25) is 0 Å². The Hall–Kier alpha value is -3.63. The molecule has 0 amide bonds. The highest BCUT2D eigenvalue weighted by molar-refractivity contribution is 6.02. The van der Waals surface area contributed by atoms with Gasteiger partial charge in [0.1, 0.15) is 6.33 Å². The van der Waals surface area contributed by atoms with Crippen molar-refractivity contribution in [1.82, 2.24) is 30.5 Å². The normalized spacial score (nSPS) is 12.6. The van der Waals surface area contributed by atoms with E-state index in [-0.39, 0.29) is 17.3 Å². The van der Waals surface area contributed by atoms with E-state index in [0.717, 1.165) is 11.3 Å². The molecule has 0 aliphatic heterocycles. The molecule has 11 heteroatoms. The van der Waals surface area contributed by atoms with Gasteiger partial charge in [-0.15, -0.1) is 10.2 Å². The number of tetrazole rings is 1. The summed E-state index contributed by atoms with van der Waals surface area (Å²) in [5, 5.41) is 26.0. The third-order valence-electron chi connectivity index (χ3n) is 2.94. The number of nitrogens with two attached hydrogens (primary N) is 2. The van der Waals surface area contributed by atoms with Crippen molar-refractivity contribution in [3.63, 3.8) is 0 Å². The van der Waals surface area contributed by atoms with Gasteiger partial charge in [0.2, 0.25) is 0 Å². The van der Waals surface area contributed by atoms with Crippen LogP contribution in [-0.4, -0.2) is 42.1 Å². The zero-order valence-electron chi connectivity index (χ0n) is 12.0. The molecule has 2 aromatic heterocycles. The van der Waals surface area contributed by atoms with E-state index in [0.29, 0.717) is 5.71 Å². The predicted molar refractivity (Wildman–Crippen MR) is 80.8 cm³/mol. The Kier molecular flexibility index (Phi) is 3.74. The van der Waals surface area contributed by atoms with E-state index in [2.05, 4.69) is 40.7 Å². The maximum Gasteiger partial charge on any atom is 0.199 e. The molecule has 11 nitrogen and oxygen atoms in total. The van der Waals surface area contributed by atoms with Crippen LogP contribution in [0.2, 0.25) is 0 Å². The SMILES string of the molecule is C/C(=N\N=C(/N)c1nonc1N)c1cccc(-n2cnnn2)c1. The second-order valence-electron chi connectivity index (χ2n) is 4.47. The van der Waals surface area contributed by atoms with Crippen molar-refractivity contribution in [3.05, 3.63) is 41.9 Å². The summed E-state index contributed by atoms with van der Waals surface area (Å²) >= 11 is 0. The summed E-state index contributed by atoms with van der Waals surface area (Å²) in [6, 6.07) is 7.47. The van der Waals surface area contributed by atoms with Crippen LogP contribution < -0.4 is 11.5 Å². The Morgan fingerprint density at radius 1 is 1.26 bits per heavy atom. The number of hydrogen-bond acceptors (Lipinski definition) is 9. The molecular weight excluding hydrogens is 300 g/mol. The van der Waals surface area contributed by atoms with Crippen molar-refractivity contribution in [2.24, 2.45) is 15.9 Å². The zero-order valence-corrected chi connectivity index (χ0v) is 12.0. The molecule has 3 rings (SSSR count). The van der Waals surface area contributed by atoms with E-state index in [1.165, 1.54) is 11.0 Å². The van der Waals surface area contributed by atoms with Gasteiger partial charge < -0.3 is 11.5 Å². The summed E-state index contributed by atoms with van der Waals surface area (Å²) in [6.45, 7) is 1.79. The van der Waals surface area contributed by atoms with Gasteiger partial charge in [0.25, 0.3) is 0 Å². The van der Waals surface area contributed by atoms with Gasteiger partial charge in [-0.25, -0.2) is 9.31 Å². The first-order valence-electron chi connectivity index (χ1n) is 6.45. The standard InChI is InChI=1S/C12H12N10O/c1-7(16-17-11(13)10-12(14)19-23-18-10)8-3-2-4-9(5-8)22-6-15-20-21-22/h2-6H,1H3,(H2,13,17)(H2,14,19)/b16-7+. The first kappa shape index (κ1) is 14.3. The minimum absolute atomic E-state index is 0.0136. The lowest BCUT2D eigenvalue weighted by Crippen LogP contribution is -2.15. The van der Waals surface area contributed by atoms with Crippen LogP contribution in [0.1, 0.15) is 18.2 Å². The highest BCUT2D eigenvalue weighted by Crippen LogP contribution is 2.10. The second kappa shape index (κ2) is 6.01. The van der Waals surface area contributed by atoms with Crippen LogP contribution in [0, 0.1) is 0 Å². The van der Waals surface area contributed by atoms with E-state index in [9.17, 15) is 0 Å². The summed E-state index contributed by atoms with van der Waals surface area (Å²) < 4.78 is 6.00. The van der Waals surface area contributed by atoms with E-state index in [1.807, 2.05) is 24.3 Å². The summed E-state index contributed by atoms with van der Waals surface area (Å²) in [7, 11) is 0. The van der Waals surface area contributed by atoms with Crippen molar-refractivity contribution in [1.29, 1.82) is 0 Å². The van der Waals surface area contributed by atoms with Crippen LogP contribution in [0.5, 0.6) is 0 Å². The van der Waals surface area contributed by atoms with Crippen LogP contribution in [0.4, 0.5) is 5.82 Å². The van der Waals surface area contributed by atoms with Gasteiger partial charge in [-0.05, 0) is 45.4 Å². The highest BCUT2D eigenvalue weighted by Gasteiger charge is 2.10. The lowest BCUT2D eigenvalue weighted by atomic mass is 10.1. The van der Waals surface area contributed by atoms with Gasteiger partial charge in [0.15, 0.2) is 17.3 Å². The molecule has 4 N–H and O–H groups in total. The first-order valence-corrected chi connectivity index (χ1v) is 6.45. The Balaban J connectivity index is 1.87. The van der Waals surface area contributed by atoms with Crippen LogP contribution >= 0.6 is 0 Å². The number of anilines is 1. The maximum absolute atomic E-state index is 5.74. The molecular formula is C12H12N10O. The smallest absolute Gasteiger partial charge is 0.199 e. The topological polar surface area (TPSA) is 159 Å². The summed E-state index contributed by atoms with van der Waals surface area (Å²) in [4.78, 5) is 0. The van der Waals surface area contributed by atoms with Crippen molar-refractivity contribution < 1.29 is 4.63 Å². The zero-order chi connectivity index (χ0) is 16.2.